The zero-order valence-electron chi connectivity index (χ0n) is 11.1. The molecule has 1 aromatic carbocycles. The topological polar surface area (TPSA) is 85.0 Å². The highest BCUT2D eigenvalue weighted by Crippen LogP contribution is 2.13. The van der Waals surface area contributed by atoms with Gasteiger partial charge in [-0.05, 0) is 31.0 Å². The molecule has 1 aliphatic heterocycles. The zero-order chi connectivity index (χ0) is 14.5. The third-order valence-corrected chi connectivity index (χ3v) is 3.00. The number of non-ortho nitro benzene ring substituents is 1. The molecular weight excluding hydrogens is 262 g/mol. The Kier molecular flexibility index (Phi) is 4.29. The fourth-order valence-electron chi connectivity index (χ4n) is 1.88. The lowest BCUT2D eigenvalue weighted by Crippen LogP contribution is -2.39. The maximum absolute atomic E-state index is 11.9. The summed E-state index contributed by atoms with van der Waals surface area (Å²) in [5, 5.41) is 10.5. The molecule has 0 bridgehead atoms. The van der Waals surface area contributed by atoms with E-state index in [-0.39, 0.29) is 12.3 Å². The van der Waals surface area contributed by atoms with Gasteiger partial charge in [0.05, 0.1) is 4.92 Å². The fraction of sp³-hybridized carbons (Fsp3) is 0.385. The minimum absolute atomic E-state index is 0.0130. The SMILES string of the molecule is CC1=NCCCN1C(=O)OCc1ccc([N+](=O)[O-])cc1. The number of nitro groups is 1. The first-order chi connectivity index (χ1) is 9.58. The van der Waals surface area contributed by atoms with E-state index in [1.807, 2.05) is 0 Å². The molecule has 1 aromatic rings. The van der Waals surface area contributed by atoms with Crippen LogP contribution in [0.1, 0.15) is 18.9 Å². The number of ether oxygens (including phenoxy) is 1. The Morgan fingerprint density at radius 2 is 2.15 bits per heavy atom. The van der Waals surface area contributed by atoms with Gasteiger partial charge < -0.3 is 4.74 Å². The molecular formula is C13H15N3O4. The summed E-state index contributed by atoms with van der Waals surface area (Å²) in [5.74, 6) is 0.657. The van der Waals surface area contributed by atoms with Crippen LogP contribution in [0.3, 0.4) is 0 Å². The second-order valence-electron chi connectivity index (χ2n) is 4.41. The van der Waals surface area contributed by atoms with E-state index in [1.165, 1.54) is 17.0 Å². The second-order valence-corrected chi connectivity index (χ2v) is 4.41. The molecule has 1 aliphatic rings. The number of carbonyl (C=O) groups is 1. The molecule has 0 fully saturated rings. The van der Waals surface area contributed by atoms with E-state index in [2.05, 4.69) is 4.99 Å². The van der Waals surface area contributed by atoms with Crippen molar-refractivity contribution in [2.45, 2.75) is 20.0 Å². The zero-order valence-corrected chi connectivity index (χ0v) is 11.1. The number of rotatable bonds is 3. The highest BCUT2D eigenvalue weighted by Gasteiger charge is 2.20. The summed E-state index contributed by atoms with van der Waals surface area (Å²) >= 11 is 0. The van der Waals surface area contributed by atoms with Crippen LogP contribution in [0, 0.1) is 10.1 Å². The molecule has 0 saturated carbocycles. The number of nitrogens with zero attached hydrogens (tertiary/aromatic N) is 3. The summed E-state index contributed by atoms with van der Waals surface area (Å²) in [7, 11) is 0. The van der Waals surface area contributed by atoms with Gasteiger partial charge in [0, 0.05) is 25.2 Å². The average Bonchev–Trinajstić information content (AvgIpc) is 2.45. The number of amides is 1. The predicted octanol–water partition coefficient (Wildman–Crippen LogP) is 2.36. The van der Waals surface area contributed by atoms with E-state index in [4.69, 9.17) is 4.74 Å². The molecule has 7 heteroatoms. The van der Waals surface area contributed by atoms with Crippen molar-refractivity contribution in [2.75, 3.05) is 13.1 Å². The average molecular weight is 277 g/mol. The summed E-state index contributed by atoms with van der Waals surface area (Å²) in [5.41, 5.74) is 0.717. The maximum atomic E-state index is 11.9. The predicted molar refractivity (Wildman–Crippen MR) is 72.6 cm³/mol. The minimum Gasteiger partial charge on any atom is -0.444 e. The normalized spacial score (nSPS) is 14.7. The van der Waals surface area contributed by atoms with Gasteiger partial charge in [-0.25, -0.2) is 4.79 Å². The van der Waals surface area contributed by atoms with Crippen LogP contribution >= 0.6 is 0 Å². The van der Waals surface area contributed by atoms with Crippen LogP contribution in [0.5, 0.6) is 0 Å². The third-order valence-electron chi connectivity index (χ3n) is 3.00. The Balaban J connectivity index is 1.91. The standard InChI is InChI=1S/C13H15N3O4/c1-10-14-7-2-8-15(10)13(17)20-9-11-3-5-12(6-4-11)16(18)19/h3-6H,2,7-9H2,1H3. The van der Waals surface area contributed by atoms with Crippen LogP contribution in [-0.4, -0.2) is 34.8 Å². The highest BCUT2D eigenvalue weighted by atomic mass is 16.6. The highest BCUT2D eigenvalue weighted by molar-refractivity contribution is 5.94. The van der Waals surface area contributed by atoms with Gasteiger partial charge >= 0.3 is 6.09 Å². The van der Waals surface area contributed by atoms with Crippen LogP contribution < -0.4 is 0 Å². The first-order valence-corrected chi connectivity index (χ1v) is 6.26. The van der Waals surface area contributed by atoms with Gasteiger partial charge in [0.25, 0.3) is 5.69 Å². The fourth-order valence-corrected chi connectivity index (χ4v) is 1.88. The van der Waals surface area contributed by atoms with Crippen LogP contribution in [0.15, 0.2) is 29.3 Å². The molecule has 106 valence electrons. The largest absolute Gasteiger partial charge is 0.444 e. The number of carbonyl (C=O) groups excluding carboxylic acids is 1. The minimum atomic E-state index is -0.469. The van der Waals surface area contributed by atoms with E-state index in [9.17, 15) is 14.9 Å². The summed E-state index contributed by atoms with van der Waals surface area (Å²) < 4.78 is 5.17. The lowest BCUT2D eigenvalue weighted by atomic mass is 10.2. The van der Waals surface area contributed by atoms with E-state index in [1.54, 1.807) is 19.1 Å². The van der Waals surface area contributed by atoms with E-state index >= 15 is 0 Å². The molecule has 0 N–H and O–H groups in total. The van der Waals surface area contributed by atoms with E-state index in [0.717, 1.165) is 13.0 Å². The number of benzene rings is 1. The number of hydrogen-bond acceptors (Lipinski definition) is 5. The monoisotopic (exact) mass is 277 g/mol. The number of nitro benzene ring substituents is 1. The maximum Gasteiger partial charge on any atom is 0.415 e. The van der Waals surface area contributed by atoms with Crippen molar-refractivity contribution < 1.29 is 14.5 Å². The summed E-state index contributed by atoms with van der Waals surface area (Å²) in [6, 6.07) is 5.92. The lowest BCUT2D eigenvalue weighted by Gasteiger charge is -2.24. The molecule has 1 amide bonds. The number of amidine groups is 1. The van der Waals surface area contributed by atoms with Gasteiger partial charge in [0.15, 0.2) is 0 Å². The molecule has 0 atom stereocenters. The molecule has 0 aliphatic carbocycles. The van der Waals surface area contributed by atoms with Crippen molar-refractivity contribution >= 4 is 17.6 Å². The summed E-state index contributed by atoms with van der Waals surface area (Å²) in [6.07, 6.45) is 0.383. The van der Waals surface area contributed by atoms with Crippen molar-refractivity contribution in [3.05, 3.63) is 39.9 Å². The smallest absolute Gasteiger partial charge is 0.415 e. The van der Waals surface area contributed by atoms with Crippen molar-refractivity contribution in [3.8, 4) is 0 Å². The number of aliphatic imine (C=N–C) groups is 1. The molecule has 20 heavy (non-hydrogen) atoms. The third kappa shape index (κ3) is 3.31. The molecule has 0 radical (unpaired) electrons. The Morgan fingerprint density at radius 3 is 2.75 bits per heavy atom. The van der Waals surface area contributed by atoms with Crippen molar-refractivity contribution in [2.24, 2.45) is 4.99 Å². The molecule has 2 rings (SSSR count). The van der Waals surface area contributed by atoms with Crippen LogP contribution in [0.25, 0.3) is 0 Å². The molecule has 0 saturated heterocycles. The Hall–Kier alpha value is -2.44. The first kappa shape index (κ1) is 14.0. The molecule has 7 nitrogen and oxygen atoms in total. The van der Waals surface area contributed by atoms with Crippen molar-refractivity contribution in [1.82, 2.24) is 4.90 Å². The van der Waals surface area contributed by atoms with Gasteiger partial charge in [-0.15, -0.1) is 0 Å². The molecule has 0 unspecified atom stereocenters. The van der Waals surface area contributed by atoms with Crippen molar-refractivity contribution in [3.63, 3.8) is 0 Å². The van der Waals surface area contributed by atoms with E-state index < -0.39 is 11.0 Å². The lowest BCUT2D eigenvalue weighted by molar-refractivity contribution is -0.384. The van der Waals surface area contributed by atoms with E-state index in [0.29, 0.717) is 17.9 Å². The van der Waals surface area contributed by atoms with Crippen LogP contribution in [-0.2, 0) is 11.3 Å². The quantitative estimate of drug-likeness (QED) is 0.627. The van der Waals surface area contributed by atoms with Crippen molar-refractivity contribution in [1.29, 1.82) is 0 Å². The van der Waals surface area contributed by atoms with Gasteiger partial charge in [0.2, 0.25) is 0 Å². The van der Waals surface area contributed by atoms with Crippen LogP contribution in [0.4, 0.5) is 10.5 Å². The van der Waals surface area contributed by atoms with Gasteiger partial charge in [0.1, 0.15) is 12.4 Å². The summed E-state index contributed by atoms with van der Waals surface area (Å²) in [4.78, 5) is 27.6. The Bertz CT molecular complexity index is 539. The summed E-state index contributed by atoms with van der Waals surface area (Å²) in [6.45, 7) is 3.19. The van der Waals surface area contributed by atoms with Gasteiger partial charge in [-0.1, -0.05) is 0 Å². The second kappa shape index (κ2) is 6.14. The van der Waals surface area contributed by atoms with Gasteiger partial charge in [-0.2, -0.15) is 0 Å². The van der Waals surface area contributed by atoms with Gasteiger partial charge in [-0.3, -0.25) is 20.0 Å². The Morgan fingerprint density at radius 1 is 1.45 bits per heavy atom. The molecule has 1 heterocycles. The van der Waals surface area contributed by atoms with Crippen LogP contribution in [0.2, 0.25) is 0 Å². The number of hydrogen-bond donors (Lipinski definition) is 0. The first-order valence-electron chi connectivity index (χ1n) is 6.26. The molecule has 0 spiro atoms. The Labute approximate surface area is 116 Å². The molecule has 0 aromatic heterocycles.